The predicted molar refractivity (Wildman–Crippen MR) is 72.7 cm³/mol. The fourth-order valence-electron chi connectivity index (χ4n) is 2.06. The highest BCUT2D eigenvalue weighted by Crippen LogP contribution is 2.23. The summed E-state index contributed by atoms with van der Waals surface area (Å²) in [7, 11) is 1.67. The summed E-state index contributed by atoms with van der Waals surface area (Å²) >= 11 is 0. The Kier molecular flexibility index (Phi) is 4.31. The van der Waals surface area contributed by atoms with Crippen molar-refractivity contribution < 1.29 is 4.74 Å². The van der Waals surface area contributed by atoms with E-state index in [4.69, 9.17) is 10.5 Å². The largest absolute Gasteiger partial charge is 0.495 e. The van der Waals surface area contributed by atoms with Crippen molar-refractivity contribution in [2.75, 3.05) is 13.7 Å². The van der Waals surface area contributed by atoms with Gasteiger partial charge in [0.15, 0.2) is 0 Å². The molecule has 1 atom stereocenters. The van der Waals surface area contributed by atoms with E-state index >= 15 is 0 Å². The Morgan fingerprint density at radius 2 is 1.94 bits per heavy atom. The van der Waals surface area contributed by atoms with Gasteiger partial charge >= 0.3 is 0 Å². The molecule has 2 rings (SSSR count). The van der Waals surface area contributed by atoms with Crippen molar-refractivity contribution in [1.29, 1.82) is 0 Å². The van der Waals surface area contributed by atoms with E-state index in [-0.39, 0.29) is 5.92 Å². The van der Waals surface area contributed by atoms with Gasteiger partial charge in [0.05, 0.1) is 12.8 Å². The fourth-order valence-corrected chi connectivity index (χ4v) is 2.06. The van der Waals surface area contributed by atoms with Gasteiger partial charge in [0, 0.05) is 18.5 Å². The minimum Gasteiger partial charge on any atom is -0.495 e. The SMILES string of the molecule is COc1cccnc1CC(CN)c1ccccc1. The van der Waals surface area contributed by atoms with Crippen molar-refractivity contribution in [1.82, 2.24) is 4.98 Å². The Labute approximate surface area is 108 Å². The molecule has 1 aromatic heterocycles. The molecular weight excluding hydrogens is 224 g/mol. The number of hydrogen-bond acceptors (Lipinski definition) is 3. The van der Waals surface area contributed by atoms with E-state index in [1.807, 2.05) is 30.3 Å². The number of ether oxygens (including phenoxy) is 1. The van der Waals surface area contributed by atoms with Crippen LogP contribution in [0.4, 0.5) is 0 Å². The first-order valence-electron chi connectivity index (χ1n) is 6.08. The van der Waals surface area contributed by atoms with E-state index in [0.717, 1.165) is 17.9 Å². The molecule has 3 heteroatoms. The van der Waals surface area contributed by atoms with Crippen LogP contribution in [0.5, 0.6) is 5.75 Å². The second-order valence-electron chi connectivity index (χ2n) is 4.20. The van der Waals surface area contributed by atoms with Crippen molar-refractivity contribution in [2.45, 2.75) is 12.3 Å². The molecule has 0 aliphatic carbocycles. The fraction of sp³-hybridized carbons (Fsp3) is 0.267. The Balaban J connectivity index is 2.21. The summed E-state index contributed by atoms with van der Waals surface area (Å²) < 4.78 is 5.32. The molecule has 0 aliphatic heterocycles. The second kappa shape index (κ2) is 6.17. The summed E-state index contributed by atoms with van der Waals surface area (Å²) in [5, 5.41) is 0. The minimum atomic E-state index is 0.273. The molecule has 0 spiro atoms. The molecule has 1 unspecified atom stereocenters. The second-order valence-corrected chi connectivity index (χ2v) is 4.20. The third kappa shape index (κ3) is 2.87. The third-order valence-electron chi connectivity index (χ3n) is 3.06. The molecule has 0 bridgehead atoms. The Morgan fingerprint density at radius 3 is 2.61 bits per heavy atom. The molecule has 3 nitrogen and oxygen atoms in total. The quantitative estimate of drug-likeness (QED) is 0.875. The van der Waals surface area contributed by atoms with Crippen LogP contribution in [0.15, 0.2) is 48.7 Å². The highest BCUT2D eigenvalue weighted by molar-refractivity contribution is 5.30. The third-order valence-corrected chi connectivity index (χ3v) is 3.06. The number of nitrogens with zero attached hydrogens (tertiary/aromatic N) is 1. The van der Waals surface area contributed by atoms with Gasteiger partial charge in [0.1, 0.15) is 5.75 Å². The minimum absolute atomic E-state index is 0.273. The lowest BCUT2D eigenvalue weighted by atomic mass is 9.94. The summed E-state index contributed by atoms with van der Waals surface area (Å²) in [5.41, 5.74) is 8.08. The van der Waals surface area contributed by atoms with Gasteiger partial charge in [-0.1, -0.05) is 30.3 Å². The topological polar surface area (TPSA) is 48.1 Å². The van der Waals surface area contributed by atoms with Crippen LogP contribution in [0.25, 0.3) is 0 Å². The molecule has 0 radical (unpaired) electrons. The molecule has 1 heterocycles. The summed E-state index contributed by atoms with van der Waals surface area (Å²) in [5.74, 6) is 1.10. The molecule has 0 saturated heterocycles. The number of methoxy groups -OCH3 is 1. The van der Waals surface area contributed by atoms with Crippen LogP contribution in [0.1, 0.15) is 17.2 Å². The smallest absolute Gasteiger partial charge is 0.140 e. The maximum atomic E-state index is 5.88. The Hall–Kier alpha value is -1.87. The zero-order valence-corrected chi connectivity index (χ0v) is 10.5. The summed E-state index contributed by atoms with van der Waals surface area (Å²) in [4.78, 5) is 4.38. The van der Waals surface area contributed by atoms with Gasteiger partial charge in [-0.3, -0.25) is 4.98 Å². The standard InChI is InChI=1S/C15H18N2O/c1-18-15-8-5-9-17-14(15)10-13(11-16)12-6-3-2-4-7-12/h2-9,13H,10-11,16H2,1H3. The highest BCUT2D eigenvalue weighted by atomic mass is 16.5. The molecule has 18 heavy (non-hydrogen) atoms. The number of nitrogens with two attached hydrogens (primary N) is 1. The van der Waals surface area contributed by atoms with Crippen LogP contribution in [0.3, 0.4) is 0 Å². The zero-order valence-electron chi connectivity index (χ0n) is 10.5. The van der Waals surface area contributed by atoms with Crippen LogP contribution in [0.2, 0.25) is 0 Å². The number of pyridine rings is 1. The average Bonchev–Trinajstić information content (AvgIpc) is 2.46. The van der Waals surface area contributed by atoms with Crippen molar-refractivity contribution in [3.05, 3.63) is 59.9 Å². The van der Waals surface area contributed by atoms with Gasteiger partial charge in [-0.2, -0.15) is 0 Å². The number of rotatable bonds is 5. The number of aromatic nitrogens is 1. The van der Waals surface area contributed by atoms with E-state index in [1.54, 1.807) is 13.3 Å². The normalized spacial score (nSPS) is 12.1. The van der Waals surface area contributed by atoms with Crippen molar-refractivity contribution in [3.8, 4) is 5.75 Å². The maximum absolute atomic E-state index is 5.88. The van der Waals surface area contributed by atoms with Gasteiger partial charge in [-0.05, 0) is 24.2 Å². The molecular formula is C15H18N2O. The predicted octanol–water partition coefficient (Wildman–Crippen LogP) is 2.38. The van der Waals surface area contributed by atoms with Crippen molar-refractivity contribution >= 4 is 0 Å². The first kappa shape index (κ1) is 12.6. The number of hydrogen-bond donors (Lipinski definition) is 1. The van der Waals surface area contributed by atoms with Crippen LogP contribution in [-0.2, 0) is 6.42 Å². The van der Waals surface area contributed by atoms with Crippen molar-refractivity contribution in [2.24, 2.45) is 5.73 Å². The maximum Gasteiger partial charge on any atom is 0.140 e. The lowest BCUT2D eigenvalue weighted by molar-refractivity contribution is 0.405. The zero-order chi connectivity index (χ0) is 12.8. The molecule has 2 N–H and O–H groups in total. The van der Waals surface area contributed by atoms with Gasteiger partial charge in [-0.15, -0.1) is 0 Å². The van der Waals surface area contributed by atoms with Crippen LogP contribution >= 0.6 is 0 Å². The molecule has 1 aromatic carbocycles. The monoisotopic (exact) mass is 242 g/mol. The summed E-state index contributed by atoms with van der Waals surface area (Å²) in [6.07, 6.45) is 2.58. The molecule has 0 amide bonds. The van der Waals surface area contributed by atoms with Gasteiger partial charge in [-0.25, -0.2) is 0 Å². The molecule has 2 aromatic rings. The lowest BCUT2D eigenvalue weighted by Gasteiger charge is -2.16. The van der Waals surface area contributed by atoms with Gasteiger partial charge in [0.25, 0.3) is 0 Å². The first-order chi connectivity index (χ1) is 8.85. The lowest BCUT2D eigenvalue weighted by Crippen LogP contribution is -2.16. The first-order valence-corrected chi connectivity index (χ1v) is 6.08. The van der Waals surface area contributed by atoms with Gasteiger partial charge < -0.3 is 10.5 Å². The summed E-state index contributed by atoms with van der Waals surface area (Å²) in [6, 6.07) is 14.1. The van der Waals surface area contributed by atoms with E-state index in [0.29, 0.717) is 6.54 Å². The number of benzene rings is 1. The average molecular weight is 242 g/mol. The Bertz CT molecular complexity index is 485. The molecule has 94 valence electrons. The molecule has 0 aliphatic rings. The molecule has 0 fully saturated rings. The van der Waals surface area contributed by atoms with E-state index < -0.39 is 0 Å². The van der Waals surface area contributed by atoms with Crippen LogP contribution in [0, 0.1) is 0 Å². The van der Waals surface area contributed by atoms with Gasteiger partial charge in [0.2, 0.25) is 0 Å². The van der Waals surface area contributed by atoms with E-state index in [2.05, 4.69) is 17.1 Å². The van der Waals surface area contributed by atoms with E-state index in [1.165, 1.54) is 5.56 Å². The van der Waals surface area contributed by atoms with Crippen molar-refractivity contribution in [3.63, 3.8) is 0 Å². The van der Waals surface area contributed by atoms with Crippen LogP contribution < -0.4 is 10.5 Å². The van der Waals surface area contributed by atoms with E-state index in [9.17, 15) is 0 Å². The molecule has 0 saturated carbocycles. The Morgan fingerprint density at radius 1 is 1.17 bits per heavy atom. The highest BCUT2D eigenvalue weighted by Gasteiger charge is 2.13. The summed E-state index contributed by atoms with van der Waals surface area (Å²) in [6.45, 7) is 0.601. The van der Waals surface area contributed by atoms with Crippen LogP contribution in [-0.4, -0.2) is 18.6 Å².